The molecule has 23 heavy (non-hydrogen) atoms. The van der Waals surface area contributed by atoms with Gasteiger partial charge in [-0.1, -0.05) is 65.0 Å². The number of carbonyl (C=O) groups is 2. The highest BCUT2D eigenvalue weighted by Crippen LogP contribution is 2.21. The van der Waals surface area contributed by atoms with E-state index in [4.69, 9.17) is 0 Å². The molecule has 0 aliphatic heterocycles. The zero-order valence-corrected chi connectivity index (χ0v) is 15.0. The molecule has 128 valence electrons. The Labute approximate surface area is 140 Å². The molecule has 0 saturated heterocycles. The maximum Gasteiger partial charge on any atom is 0.225 e. The molecule has 4 nitrogen and oxygen atoms in total. The van der Waals surface area contributed by atoms with E-state index in [9.17, 15) is 9.59 Å². The van der Waals surface area contributed by atoms with Gasteiger partial charge < -0.3 is 10.6 Å². The van der Waals surface area contributed by atoms with Crippen molar-refractivity contribution in [2.75, 3.05) is 6.54 Å². The first kappa shape index (κ1) is 19.2. The van der Waals surface area contributed by atoms with E-state index in [2.05, 4.69) is 24.5 Å². The van der Waals surface area contributed by atoms with Gasteiger partial charge in [0.1, 0.15) is 0 Å². The van der Waals surface area contributed by atoms with Gasteiger partial charge >= 0.3 is 0 Å². The summed E-state index contributed by atoms with van der Waals surface area (Å²) in [6.45, 7) is 10.4. The van der Waals surface area contributed by atoms with E-state index in [1.165, 1.54) is 0 Å². The maximum absolute atomic E-state index is 12.1. The number of nitrogens with one attached hydrogen (secondary N) is 2. The van der Waals surface area contributed by atoms with E-state index in [0.29, 0.717) is 25.3 Å². The third-order valence-corrected chi connectivity index (χ3v) is 3.69. The summed E-state index contributed by atoms with van der Waals surface area (Å²) in [5.74, 6) is 0.363. The number of hydrogen-bond donors (Lipinski definition) is 2. The van der Waals surface area contributed by atoms with Gasteiger partial charge in [0.15, 0.2) is 0 Å². The Bertz CT molecular complexity index is 504. The molecule has 1 rings (SSSR count). The molecule has 1 aromatic carbocycles. The van der Waals surface area contributed by atoms with Crippen LogP contribution >= 0.6 is 0 Å². The summed E-state index contributed by atoms with van der Waals surface area (Å²) in [7, 11) is 0. The average molecular weight is 318 g/mol. The zero-order valence-electron chi connectivity index (χ0n) is 15.0. The Hall–Kier alpha value is -1.84. The molecule has 0 aliphatic rings. The monoisotopic (exact) mass is 318 g/mol. The van der Waals surface area contributed by atoms with Crippen molar-refractivity contribution in [3.05, 3.63) is 35.9 Å². The molecule has 4 heteroatoms. The first-order valence-electron chi connectivity index (χ1n) is 8.34. The molecule has 2 amide bonds. The fourth-order valence-electron chi connectivity index (χ4n) is 2.26. The van der Waals surface area contributed by atoms with Crippen LogP contribution in [0.2, 0.25) is 0 Å². The molecule has 2 N–H and O–H groups in total. The van der Waals surface area contributed by atoms with Crippen molar-refractivity contribution in [2.45, 2.75) is 53.5 Å². The van der Waals surface area contributed by atoms with Gasteiger partial charge in [-0.25, -0.2) is 0 Å². The van der Waals surface area contributed by atoms with Crippen molar-refractivity contribution in [1.82, 2.24) is 10.6 Å². The summed E-state index contributed by atoms with van der Waals surface area (Å²) >= 11 is 0. The lowest BCUT2D eigenvalue weighted by atomic mass is 9.95. The van der Waals surface area contributed by atoms with Crippen molar-refractivity contribution >= 4 is 11.8 Å². The van der Waals surface area contributed by atoms with E-state index in [1.54, 1.807) is 0 Å². The molecule has 0 bridgehead atoms. The Morgan fingerprint density at radius 3 is 2.22 bits per heavy atom. The predicted octanol–water partition coefficient (Wildman–Crippen LogP) is 3.44. The second kappa shape index (κ2) is 8.70. The van der Waals surface area contributed by atoms with Gasteiger partial charge in [0.25, 0.3) is 0 Å². The number of amides is 2. The van der Waals surface area contributed by atoms with E-state index < -0.39 is 5.41 Å². The quantitative estimate of drug-likeness (QED) is 0.757. The van der Waals surface area contributed by atoms with Crippen LogP contribution in [0, 0.1) is 11.3 Å². The number of rotatable bonds is 7. The van der Waals surface area contributed by atoms with Crippen LogP contribution in [-0.2, 0) is 9.59 Å². The van der Waals surface area contributed by atoms with Crippen LogP contribution in [0.3, 0.4) is 0 Å². The van der Waals surface area contributed by atoms with E-state index in [0.717, 1.165) is 5.56 Å². The first-order chi connectivity index (χ1) is 10.7. The molecule has 0 aromatic heterocycles. The molecule has 0 radical (unpaired) electrons. The molecular formula is C19H30N2O2. The van der Waals surface area contributed by atoms with Crippen molar-refractivity contribution in [2.24, 2.45) is 11.3 Å². The van der Waals surface area contributed by atoms with E-state index in [1.807, 2.05) is 51.1 Å². The fraction of sp³-hybridized carbons (Fsp3) is 0.579. The SMILES string of the molecule is CC(C)C(NC(=O)CCCNC(=O)C(C)(C)C)c1ccccc1. The van der Waals surface area contributed by atoms with Crippen LogP contribution in [0.5, 0.6) is 0 Å². The molecule has 0 aliphatic carbocycles. The summed E-state index contributed by atoms with van der Waals surface area (Å²) in [5.41, 5.74) is 0.732. The second-order valence-corrected chi connectivity index (χ2v) is 7.31. The second-order valence-electron chi connectivity index (χ2n) is 7.31. The molecular weight excluding hydrogens is 288 g/mol. The minimum Gasteiger partial charge on any atom is -0.356 e. The standard InChI is InChI=1S/C19H30N2O2/c1-14(2)17(15-10-7-6-8-11-15)21-16(22)12-9-13-20-18(23)19(3,4)5/h6-8,10-11,14,17H,9,12-13H2,1-5H3,(H,20,23)(H,21,22). The zero-order chi connectivity index (χ0) is 17.5. The van der Waals surface area contributed by atoms with Gasteiger partial charge in [0.05, 0.1) is 6.04 Å². The number of hydrogen-bond acceptors (Lipinski definition) is 2. The summed E-state index contributed by atoms with van der Waals surface area (Å²) in [4.78, 5) is 23.9. The third-order valence-electron chi connectivity index (χ3n) is 3.69. The molecule has 0 saturated carbocycles. The molecule has 0 heterocycles. The van der Waals surface area contributed by atoms with Gasteiger partial charge in [-0.05, 0) is 17.9 Å². The Morgan fingerprint density at radius 2 is 1.70 bits per heavy atom. The van der Waals surface area contributed by atoms with Crippen LogP contribution in [0.1, 0.15) is 59.1 Å². The van der Waals surface area contributed by atoms with Gasteiger partial charge in [0, 0.05) is 18.4 Å². The lowest BCUT2D eigenvalue weighted by Crippen LogP contribution is -2.36. The normalized spacial score (nSPS) is 12.8. The van der Waals surface area contributed by atoms with E-state index >= 15 is 0 Å². The minimum absolute atomic E-state index is 0.0160. The highest BCUT2D eigenvalue weighted by atomic mass is 16.2. The van der Waals surface area contributed by atoms with Crippen LogP contribution in [0.25, 0.3) is 0 Å². The topological polar surface area (TPSA) is 58.2 Å². The highest BCUT2D eigenvalue weighted by Gasteiger charge is 2.21. The molecule has 1 unspecified atom stereocenters. The highest BCUT2D eigenvalue weighted by molar-refractivity contribution is 5.81. The summed E-state index contributed by atoms with van der Waals surface area (Å²) < 4.78 is 0. The van der Waals surface area contributed by atoms with Crippen LogP contribution in [0.15, 0.2) is 30.3 Å². The van der Waals surface area contributed by atoms with Gasteiger partial charge in [0.2, 0.25) is 11.8 Å². The van der Waals surface area contributed by atoms with Crippen LogP contribution < -0.4 is 10.6 Å². The Morgan fingerprint density at radius 1 is 1.09 bits per heavy atom. The molecule has 1 atom stereocenters. The third kappa shape index (κ3) is 6.85. The minimum atomic E-state index is -0.391. The molecule has 1 aromatic rings. The van der Waals surface area contributed by atoms with Crippen molar-refractivity contribution in [3.8, 4) is 0 Å². The van der Waals surface area contributed by atoms with Crippen molar-refractivity contribution < 1.29 is 9.59 Å². The van der Waals surface area contributed by atoms with Gasteiger partial charge in [-0.3, -0.25) is 9.59 Å². The van der Waals surface area contributed by atoms with Crippen LogP contribution in [0.4, 0.5) is 0 Å². The summed E-state index contributed by atoms with van der Waals surface area (Å²) in [6.07, 6.45) is 1.06. The average Bonchev–Trinajstić information content (AvgIpc) is 2.48. The van der Waals surface area contributed by atoms with E-state index in [-0.39, 0.29) is 17.9 Å². The summed E-state index contributed by atoms with van der Waals surface area (Å²) in [5, 5.41) is 5.97. The van der Waals surface area contributed by atoms with Crippen molar-refractivity contribution in [1.29, 1.82) is 0 Å². The number of benzene rings is 1. The lowest BCUT2D eigenvalue weighted by Gasteiger charge is -2.23. The Balaban J connectivity index is 2.41. The lowest BCUT2D eigenvalue weighted by molar-refractivity contribution is -0.128. The van der Waals surface area contributed by atoms with Gasteiger partial charge in [-0.15, -0.1) is 0 Å². The predicted molar refractivity (Wildman–Crippen MR) is 93.9 cm³/mol. The fourth-order valence-corrected chi connectivity index (χ4v) is 2.26. The van der Waals surface area contributed by atoms with Crippen molar-refractivity contribution in [3.63, 3.8) is 0 Å². The van der Waals surface area contributed by atoms with Crippen LogP contribution in [-0.4, -0.2) is 18.4 Å². The molecule has 0 spiro atoms. The maximum atomic E-state index is 12.1. The largest absolute Gasteiger partial charge is 0.356 e. The first-order valence-corrected chi connectivity index (χ1v) is 8.34. The smallest absolute Gasteiger partial charge is 0.225 e. The molecule has 0 fully saturated rings. The Kier molecular flexibility index (Phi) is 7.27. The van der Waals surface area contributed by atoms with Gasteiger partial charge in [-0.2, -0.15) is 0 Å². The number of carbonyl (C=O) groups excluding carboxylic acids is 2. The summed E-state index contributed by atoms with van der Waals surface area (Å²) in [6, 6.07) is 10.0.